The number of aliphatic hydroxyl groups is 1. The van der Waals surface area contributed by atoms with E-state index in [2.05, 4.69) is 42.2 Å². The Bertz CT molecular complexity index is 3100. The van der Waals surface area contributed by atoms with Gasteiger partial charge < -0.3 is 30.4 Å². The molecule has 3 aromatic carbocycles. The number of aliphatic hydroxyl groups excluding tert-OH is 1. The van der Waals surface area contributed by atoms with Crippen LogP contribution in [0.3, 0.4) is 0 Å². The van der Waals surface area contributed by atoms with Crippen molar-refractivity contribution in [3.05, 3.63) is 124 Å². The van der Waals surface area contributed by atoms with Gasteiger partial charge in [-0.1, -0.05) is 56.9 Å². The molecule has 0 bridgehead atoms. The third kappa shape index (κ3) is 12.2. The fourth-order valence-corrected chi connectivity index (χ4v) is 11.0. The standard InChI is InChI=1S/C56H59F3N10O5S2/c1-35-48(76-34-63-35)39-16-11-38(12-17-39)32-62-50(72)45-29-43(70)33-67(45)51(73)49(54(2,3)4)64-47(71)8-7-23-65-24-26-66(27-25-65)46-22-15-37(31-61-46)10-9-36-13-19-41(20-14-36)69-53(75)68(52(74)55(69,5)6)42-21-18-40(30-60)44(28-42)56(57,58)59/h11-22,28,31,34,43,45,49,70H,7-8,23-27,29,32-33H2,1-6H3,(H,62,72)(H,64,71). The van der Waals surface area contributed by atoms with E-state index in [0.29, 0.717) is 29.8 Å². The largest absolute Gasteiger partial charge is 0.417 e. The van der Waals surface area contributed by atoms with Gasteiger partial charge in [0, 0.05) is 75.1 Å². The van der Waals surface area contributed by atoms with Crippen LogP contribution >= 0.6 is 23.6 Å². The molecule has 0 saturated carbocycles. The van der Waals surface area contributed by atoms with Gasteiger partial charge >= 0.3 is 6.18 Å². The van der Waals surface area contributed by atoms with Gasteiger partial charge in [0.25, 0.3) is 5.91 Å². The zero-order valence-corrected chi connectivity index (χ0v) is 44.7. The molecule has 5 aromatic rings. The van der Waals surface area contributed by atoms with Crippen molar-refractivity contribution in [2.45, 2.75) is 97.3 Å². The Balaban J connectivity index is 0.785. The predicted molar refractivity (Wildman–Crippen MR) is 289 cm³/mol. The first-order chi connectivity index (χ1) is 36.0. The van der Waals surface area contributed by atoms with Crippen LogP contribution in [0.4, 0.5) is 30.4 Å². The van der Waals surface area contributed by atoms with Crippen LogP contribution in [0, 0.1) is 35.5 Å². The molecule has 3 aliphatic heterocycles. The molecule has 3 unspecified atom stereocenters. The zero-order chi connectivity index (χ0) is 54.7. The summed E-state index contributed by atoms with van der Waals surface area (Å²) in [5.74, 6) is 5.54. The number of carbonyl (C=O) groups is 4. The van der Waals surface area contributed by atoms with E-state index in [-0.39, 0.29) is 48.5 Å². The number of nitrogens with zero attached hydrogens (tertiary/aromatic N) is 8. The number of piperazine rings is 1. The third-order valence-corrected chi connectivity index (χ3v) is 15.2. The summed E-state index contributed by atoms with van der Waals surface area (Å²) in [6, 6.07) is 21.6. The predicted octanol–water partition coefficient (Wildman–Crippen LogP) is 7.43. The third-order valence-electron chi connectivity index (χ3n) is 13.9. The summed E-state index contributed by atoms with van der Waals surface area (Å²) in [6.45, 7) is 14.8. The monoisotopic (exact) mass is 1070 g/mol. The van der Waals surface area contributed by atoms with Crippen molar-refractivity contribution in [1.82, 2.24) is 30.4 Å². The molecule has 4 amide bonds. The lowest BCUT2D eigenvalue weighted by atomic mass is 9.85. The Morgan fingerprint density at radius 3 is 2.22 bits per heavy atom. The van der Waals surface area contributed by atoms with Gasteiger partial charge in [-0.25, -0.2) is 9.97 Å². The van der Waals surface area contributed by atoms with Crippen LogP contribution in [-0.4, -0.2) is 117 Å². The molecule has 15 nitrogen and oxygen atoms in total. The van der Waals surface area contributed by atoms with Crippen LogP contribution in [0.15, 0.2) is 90.6 Å². The SMILES string of the molecule is Cc1ncsc1-c1ccc(CNC(=O)C2CC(O)CN2C(=O)C(NC(=O)CCCN2CCN(c3ccc(C#Cc4ccc(N5C(=S)N(c6ccc(C#N)c(C(F)(F)F)c6)C(=O)C5(C)C)cc4)cn3)CC2)C(C)(C)C)cc1. The zero-order valence-electron chi connectivity index (χ0n) is 43.1. The van der Waals surface area contributed by atoms with Crippen LogP contribution in [0.2, 0.25) is 0 Å². The normalized spacial score (nSPS) is 18.3. The van der Waals surface area contributed by atoms with Crippen LogP contribution in [0.1, 0.15) is 87.4 Å². The number of hydrogen-bond acceptors (Lipinski definition) is 12. The fourth-order valence-electron chi connectivity index (χ4n) is 9.62. The van der Waals surface area contributed by atoms with Crippen LogP contribution < -0.4 is 25.3 Å². The Morgan fingerprint density at radius 2 is 1.61 bits per heavy atom. The summed E-state index contributed by atoms with van der Waals surface area (Å²) in [4.78, 5) is 73.3. The van der Waals surface area contributed by atoms with Crippen LogP contribution in [0.25, 0.3) is 10.4 Å². The smallest absolute Gasteiger partial charge is 0.391 e. The average molecular weight is 1070 g/mol. The molecular weight excluding hydrogens is 1010 g/mol. The molecule has 76 heavy (non-hydrogen) atoms. The van der Waals surface area contributed by atoms with Crippen molar-refractivity contribution in [2.24, 2.45) is 5.41 Å². The van der Waals surface area contributed by atoms with E-state index in [9.17, 15) is 42.7 Å². The molecule has 5 heterocycles. The maximum atomic E-state index is 14.1. The van der Waals surface area contributed by atoms with Gasteiger partial charge in [-0.05, 0) is 117 Å². The molecule has 20 heteroatoms. The molecule has 2 aromatic heterocycles. The lowest BCUT2D eigenvalue weighted by molar-refractivity contribution is -0.144. The lowest BCUT2D eigenvalue weighted by Gasteiger charge is -2.36. The van der Waals surface area contributed by atoms with E-state index in [4.69, 9.17) is 12.2 Å². The molecule has 8 rings (SSSR count). The topological polar surface area (TPSA) is 178 Å². The second kappa shape index (κ2) is 22.5. The molecule has 3 aliphatic rings. The van der Waals surface area contributed by atoms with Crippen molar-refractivity contribution >= 4 is 69.5 Å². The summed E-state index contributed by atoms with van der Waals surface area (Å²) in [5.41, 5.74) is 2.93. The molecular formula is C56H59F3N10O5S2. The number of carbonyl (C=O) groups excluding carboxylic acids is 4. The second-order valence-electron chi connectivity index (χ2n) is 20.7. The second-order valence-corrected chi connectivity index (χ2v) is 22.0. The number of nitriles is 1. The highest BCUT2D eigenvalue weighted by atomic mass is 32.1. The van der Waals surface area contributed by atoms with Crippen molar-refractivity contribution in [3.8, 4) is 28.4 Å². The Morgan fingerprint density at radius 1 is 0.934 bits per heavy atom. The summed E-state index contributed by atoms with van der Waals surface area (Å²) in [5, 5.41) is 25.8. The van der Waals surface area contributed by atoms with Gasteiger partial charge in [0.2, 0.25) is 17.7 Å². The van der Waals surface area contributed by atoms with Gasteiger partial charge in [0.05, 0.1) is 45.1 Å². The van der Waals surface area contributed by atoms with Crippen molar-refractivity contribution in [3.63, 3.8) is 0 Å². The molecule has 0 radical (unpaired) electrons. The molecule has 3 atom stereocenters. The number of anilines is 3. The number of nitrogens with one attached hydrogen (secondary N) is 2. The van der Waals surface area contributed by atoms with E-state index in [1.807, 2.05) is 69.6 Å². The van der Waals surface area contributed by atoms with Gasteiger partial charge in [0.1, 0.15) is 23.4 Å². The highest BCUT2D eigenvalue weighted by Crippen LogP contribution is 2.40. The number of halogens is 3. The molecule has 0 aliphatic carbocycles. The number of likely N-dealkylation sites (tertiary alicyclic amines) is 1. The molecule has 3 N–H and O–H groups in total. The van der Waals surface area contributed by atoms with E-state index < -0.39 is 58.3 Å². The minimum Gasteiger partial charge on any atom is -0.391 e. The number of aryl methyl sites for hydroxylation is 1. The summed E-state index contributed by atoms with van der Waals surface area (Å²) < 4.78 is 41.3. The quantitative estimate of drug-likeness (QED) is 0.0786. The number of thiocarbonyl (C=S) groups is 1. The van der Waals surface area contributed by atoms with Gasteiger partial charge in [-0.15, -0.1) is 11.3 Å². The first-order valence-electron chi connectivity index (χ1n) is 24.9. The first kappa shape index (κ1) is 55.0. The number of aromatic nitrogens is 2. The Labute approximate surface area is 449 Å². The lowest BCUT2D eigenvalue weighted by Crippen LogP contribution is -2.57. The first-order valence-corrected chi connectivity index (χ1v) is 26.2. The number of thiazole rings is 1. The highest BCUT2D eigenvalue weighted by molar-refractivity contribution is 7.81. The Hall–Kier alpha value is -7.23. The average Bonchev–Trinajstić information content (AvgIpc) is 4.09. The number of pyridine rings is 1. The Kier molecular flexibility index (Phi) is 16.3. The minimum absolute atomic E-state index is 0.00188. The van der Waals surface area contributed by atoms with Crippen molar-refractivity contribution in [2.75, 3.05) is 54.0 Å². The summed E-state index contributed by atoms with van der Waals surface area (Å²) in [7, 11) is 0. The number of hydrogen-bond donors (Lipinski definition) is 3. The van der Waals surface area contributed by atoms with E-state index >= 15 is 0 Å². The van der Waals surface area contributed by atoms with Gasteiger partial charge in [0.15, 0.2) is 5.11 Å². The highest BCUT2D eigenvalue weighted by Gasteiger charge is 2.51. The molecule has 3 saturated heterocycles. The number of amides is 4. The minimum atomic E-state index is -4.80. The van der Waals surface area contributed by atoms with Crippen LogP contribution in [-0.2, 0) is 31.9 Å². The number of alkyl halides is 3. The summed E-state index contributed by atoms with van der Waals surface area (Å²) in [6.07, 6.45) is -3.06. The molecule has 3 fully saturated rings. The maximum absolute atomic E-state index is 14.1. The fraction of sp³-hybridized carbons (Fsp3) is 0.393. The molecule has 396 valence electrons. The molecule has 0 spiro atoms. The van der Waals surface area contributed by atoms with Gasteiger partial charge in [-0.2, -0.15) is 18.4 Å². The van der Waals surface area contributed by atoms with E-state index in [1.165, 1.54) is 11.0 Å². The van der Waals surface area contributed by atoms with E-state index in [0.717, 1.165) is 70.7 Å². The van der Waals surface area contributed by atoms with E-state index in [1.54, 1.807) is 66.6 Å². The number of rotatable bonds is 13. The van der Waals surface area contributed by atoms with Crippen molar-refractivity contribution < 1.29 is 37.5 Å². The van der Waals surface area contributed by atoms with Gasteiger partial charge in [-0.3, -0.25) is 29.0 Å². The number of β-amino-alcohol motifs (C(OH)–C–C–N with tert-alkyl or cyclic N) is 1. The van der Waals surface area contributed by atoms with Crippen LogP contribution in [0.5, 0.6) is 0 Å². The maximum Gasteiger partial charge on any atom is 0.417 e. The van der Waals surface area contributed by atoms with Crippen molar-refractivity contribution in [1.29, 1.82) is 5.26 Å². The number of benzene rings is 3. The summed E-state index contributed by atoms with van der Waals surface area (Å²) >= 11 is 7.24.